The van der Waals surface area contributed by atoms with Gasteiger partial charge in [-0.2, -0.15) is 0 Å². The summed E-state index contributed by atoms with van der Waals surface area (Å²) in [5.74, 6) is -1.82. The molecule has 1 amide bonds. The molecule has 5 nitrogen and oxygen atoms in total. The lowest BCUT2D eigenvalue weighted by atomic mass is 10.1. The van der Waals surface area contributed by atoms with Crippen molar-refractivity contribution in [3.8, 4) is 0 Å². The van der Waals surface area contributed by atoms with E-state index in [1.54, 1.807) is 13.8 Å². The van der Waals surface area contributed by atoms with Crippen molar-refractivity contribution in [1.82, 2.24) is 5.32 Å². The van der Waals surface area contributed by atoms with Crippen molar-refractivity contribution in [2.24, 2.45) is 5.41 Å². The first kappa shape index (κ1) is 9.28. The molecule has 0 aromatic heterocycles. The summed E-state index contributed by atoms with van der Waals surface area (Å²) in [5.41, 5.74) is -0.707. The molecule has 1 rings (SSSR count). The fourth-order valence-electron chi connectivity index (χ4n) is 1.18. The topological polar surface area (TPSA) is 78.8 Å². The quantitative estimate of drug-likeness (QED) is 0.466. The summed E-state index contributed by atoms with van der Waals surface area (Å²) in [6, 6.07) is -0.655. The van der Waals surface area contributed by atoms with Gasteiger partial charge < -0.3 is 20.3 Å². The van der Waals surface area contributed by atoms with E-state index < -0.39 is 23.3 Å². The third-order valence-electron chi connectivity index (χ3n) is 2.44. The van der Waals surface area contributed by atoms with Gasteiger partial charge >= 0.3 is 6.09 Å². The number of aliphatic hydroxyl groups is 2. The molecule has 1 aliphatic carbocycles. The number of methoxy groups -OCH3 is 1. The minimum atomic E-state index is -1.82. The minimum Gasteiger partial charge on any atom is -0.453 e. The molecule has 1 atom stereocenters. The number of amides is 1. The van der Waals surface area contributed by atoms with Crippen LogP contribution in [0.3, 0.4) is 0 Å². The number of hydrogen-bond acceptors (Lipinski definition) is 4. The average molecular weight is 175 g/mol. The third-order valence-corrected chi connectivity index (χ3v) is 2.44. The third kappa shape index (κ3) is 1.05. The average Bonchev–Trinajstić information content (AvgIpc) is 2.32. The molecule has 5 heteroatoms. The molecule has 0 aliphatic heterocycles. The van der Waals surface area contributed by atoms with Gasteiger partial charge in [-0.1, -0.05) is 13.8 Å². The highest BCUT2D eigenvalue weighted by atomic mass is 16.5. The first-order chi connectivity index (χ1) is 5.34. The van der Waals surface area contributed by atoms with Crippen molar-refractivity contribution < 1.29 is 19.7 Å². The molecular formula is C7H13NO4. The Kier molecular flexibility index (Phi) is 1.81. The van der Waals surface area contributed by atoms with Gasteiger partial charge in [0.1, 0.15) is 0 Å². The van der Waals surface area contributed by atoms with Crippen LogP contribution >= 0.6 is 0 Å². The van der Waals surface area contributed by atoms with E-state index in [2.05, 4.69) is 10.1 Å². The number of ether oxygens (including phenoxy) is 1. The Hall–Kier alpha value is -0.810. The van der Waals surface area contributed by atoms with Gasteiger partial charge in [-0.05, 0) is 0 Å². The summed E-state index contributed by atoms with van der Waals surface area (Å²) in [6.07, 6.45) is -0.655. The molecule has 12 heavy (non-hydrogen) atoms. The second kappa shape index (κ2) is 2.34. The first-order valence-corrected chi connectivity index (χ1v) is 3.63. The minimum absolute atomic E-state index is 0.655. The van der Waals surface area contributed by atoms with E-state index in [9.17, 15) is 15.0 Å². The van der Waals surface area contributed by atoms with Gasteiger partial charge in [-0.15, -0.1) is 0 Å². The Morgan fingerprint density at radius 1 is 1.50 bits per heavy atom. The number of alkyl carbamates (subject to hydrolysis) is 1. The zero-order valence-electron chi connectivity index (χ0n) is 7.29. The molecular weight excluding hydrogens is 162 g/mol. The maximum Gasteiger partial charge on any atom is 0.407 e. The lowest BCUT2D eigenvalue weighted by molar-refractivity contribution is -0.101. The summed E-state index contributed by atoms with van der Waals surface area (Å²) in [4.78, 5) is 10.7. The molecule has 1 fully saturated rings. The largest absolute Gasteiger partial charge is 0.453 e. The van der Waals surface area contributed by atoms with Crippen LogP contribution in [0.25, 0.3) is 0 Å². The molecule has 1 saturated carbocycles. The van der Waals surface area contributed by atoms with Gasteiger partial charge in [0, 0.05) is 5.41 Å². The molecule has 1 aliphatic rings. The molecule has 0 bridgehead atoms. The first-order valence-electron chi connectivity index (χ1n) is 3.63. The van der Waals surface area contributed by atoms with E-state index in [1.165, 1.54) is 7.11 Å². The Morgan fingerprint density at radius 2 is 1.92 bits per heavy atom. The second-order valence-electron chi connectivity index (χ2n) is 3.52. The van der Waals surface area contributed by atoms with E-state index >= 15 is 0 Å². The van der Waals surface area contributed by atoms with E-state index in [0.29, 0.717) is 0 Å². The van der Waals surface area contributed by atoms with Gasteiger partial charge in [0.25, 0.3) is 0 Å². The van der Waals surface area contributed by atoms with Crippen molar-refractivity contribution >= 4 is 6.09 Å². The van der Waals surface area contributed by atoms with Gasteiger partial charge in [0.2, 0.25) is 0 Å². The Balaban J connectivity index is 2.54. The monoisotopic (exact) mass is 175 g/mol. The highest BCUT2D eigenvalue weighted by Crippen LogP contribution is 2.53. The molecule has 0 aromatic rings. The lowest BCUT2D eigenvalue weighted by Crippen LogP contribution is -2.31. The van der Waals surface area contributed by atoms with E-state index in [0.717, 1.165) is 0 Å². The Labute approximate surface area is 70.3 Å². The van der Waals surface area contributed by atoms with Crippen LogP contribution in [0.2, 0.25) is 0 Å². The Bertz CT molecular complexity index is 197. The van der Waals surface area contributed by atoms with Gasteiger partial charge in [0.15, 0.2) is 5.79 Å². The SMILES string of the molecule is COC(=O)NC1C(C)(C)C1(O)O. The standard InChI is InChI=1S/C7H13NO4/c1-6(2)4(7(6,10)11)8-5(9)12-3/h4,10-11H,1-3H3,(H,8,9). The zero-order chi connectivity index (χ0) is 9.57. The van der Waals surface area contributed by atoms with Crippen molar-refractivity contribution in [2.75, 3.05) is 7.11 Å². The predicted octanol–water partition coefficient (Wildman–Crippen LogP) is -0.568. The van der Waals surface area contributed by atoms with Crippen LogP contribution in [0.1, 0.15) is 13.8 Å². The number of hydrogen-bond donors (Lipinski definition) is 3. The smallest absolute Gasteiger partial charge is 0.407 e. The number of carbonyl (C=O) groups is 1. The fraction of sp³-hybridized carbons (Fsp3) is 0.857. The van der Waals surface area contributed by atoms with E-state index in [1.807, 2.05) is 0 Å². The van der Waals surface area contributed by atoms with Crippen molar-refractivity contribution in [2.45, 2.75) is 25.7 Å². The van der Waals surface area contributed by atoms with Crippen LogP contribution in [0.15, 0.2) is 0 Å². The van der Waals surface area contributed by atoms with Crippen LogP contribution in [0, 0.1) is 5.41 Å². The molecule has 0 aromatic carbocycles. The van der Waals surface area contributed by atoms with Crippen molar-refractivity contribution in [3.05, 3.63) is 0 Å². The second-order valence-corrected chi connectivity index (χ2v) is 3.52. The molecule has 3 N–H and O–H groups in total. The zero-order valence-corrected chi connectivity index (χ0v) is 7.29. The highest BCUT2D eigenvalue weighted by Gasteiger charge is 2.72. The Morgan fingerprint density at radius 3 is 2.17 bits per heavy atom. The van der Waals surface area contributed by atoms with Gasteiger partial charge in [-0.3, -0.25) is 0 Å². The van der Waals surface area contributed by atoms with Crippen LogP contribution < -0.4 is 5.32 Å². The van der Waals surface area contributed by atoms with Crippen LogP contribution in [-0.4, -0.2) is 35.2 Å². The summed E-state index contributed by atoms with van der Waals surface area (Å²) in [5, 5.41) is 20.8. The maximum absolute atomic E-state index is 10.7. The predicted molar refractivity (Wildman–Crippen MR) is 40.3 cm³/mol. The van der Waals surface area contributed by atoms with Crippen molar-refractivity contribution in [3.63, 3.8) is 0 Å². The summed E-state index contributed by atoms with van der Waals surface area (Å²) >= 11 is 0. The van der Waals surface area contributed by atoms with Gasteiger partial charge in [0.05, 0.1) is 13.2 Å². The molecule has 1 unspecified atom stereocenters. The highest BCUT2D eigenvalue weighted by molar-refractivity contribution is 5.68. The molecule has 70 valence electrons. The van der Waals surface area contributed by atoms with Gasteiger partial charge in [-0.25, -0.2) is 4.79 Å². The summed E-state index contributed by atoms with van der Waals surface area (Å²) < 4.78 is 4.32. The van der Waals surface area contributed by atoms with Crippen molar-refractivity contribution in [1.29, 1.82) is 0 Å². The fourth-order valence-corrected chi connectivity index (χ4v) is 1.18. The number of rotatable bonds is 1. The summed E-state index contributed by atoms with van der Waals surface area (Å²) in [7, 11) is 1.22. The van der Waals surface area contributed by atoms with Crippen LogP contribution in [0.5, 0.6) is 0 Å². The van der Waals surface area contributed by atoms with Crippen LogP contribution in [0.4, 0.5) is 4.79 Å². The molecule has 0 radical (unpaired) electrons. The maximum atomic E-state index is 10.7. The van der Waals surface area contributed by atoms with Crippen LogP contribution in [-0.2, 0) is 4.74 Å². The molecule has 0 saturated heterocycles. The van der Waals surface area contributed by atoms with E-state index in [-0.39, 0.29) is 0 Å². The normalized spacial score (nSPS) is 29.2. The van der Waals surface area contributed by atoms with E-state index in [4.69, 9.17) is 0 Å². The summed E-state index contributed by atoms with van der Waals surface area (Å²) in [6.45, 7) is 3.29. The number of nitrogens with one attached hydrogen (secondary N) is 1. The lowest BCUT2D eigenvalue weighted by Gasteiger charge is -2.02. The molecule has 0 heterocycles. The number of carbonyl (C=O) groups excluding carboxylic acids is 1. The molecule has 0 spiro atoms.